The molecule has 2 aliphatic rings. The minimum Gasteiger partial charge on any atom is -0.454 e. The van der Waals surface area contributed by atoms with Gasteiger partial charge < -0.3 is 9.47 Å². The number of hydrogen-bond donors (Lipinski definition) is 2. The van der Waals surface area contributed by atoms with E-state index in [1.807, 2.05) is 18.2 Å². The standard InChI is InChI=1S/C21H16N2O4S/c24-20(14-7-8-16-17(9-14)27-11-26-16)22-23-21(25)18-10-13-6-5-12-3-1-2-4-15(12)19(13)28-18/h1-4,7-10H,5-6,11H2,(H,22,24)(H,23,25). The van der Waals surface area contributed by atoms with Crippen molar-refractivity contribution >= 4 is 23.2 Å². The van der Waals surface area contributed by atoms with Crippen molar-refractivity contribution in [2.75, 3.05) is 6.79 Å². The molecule has 3 aromatic rings. The number of rotatable bonds is 2. The number of nitrogens with one attached hydrogen (secondary N) is 2. The molecule has 2 N–H and O–H groups in total. The Morgan fingerprint density at radius 3 is 2.57 bits per heavy atom. The summed E-state index contributed by atoms with van der Waals surface area (Å²) in [5, 5.41) is 0. The number of ether oxygens (including phenoxy) is 2. The summed E-state index contributed by atoms with van der Waals surface area (Å²) in [5.74, 6) is 0.373. The van der Waals surface area contributed by atoms with Crippen molar-refractivity contribution in [1.82, 2.24) is 10.9 Å². The molecule has 28 heavy (non-hydrogen) atoms. The minimum absolute atomic E-state index is 0.142. The molecule has 0 bridgehead atoms. The van der Waals surface area contributed by atoms with E-state index in [0.29, 0.717) is 21.9 Å². The maximum atomic E-state index is 12.5. The highest BCUT2D eigenvalue weighted by atomic mass is 32.1. The molecule has 1 aliphatic heterocycles. The number of hydrazine groups is 1. The molecule has 0 unspecified atom stereocenters. The Morgan fingerprint density at radius 2 is 1.64 bits per heavy atom. The van der Waals surface area contributed by atoms with Crippen LogP contribution in [0.4, 0.5) is 0 Å². The van der Waals surface area contributed by atoms with Gasteiger partial charge in [-0.05, 0) is 53.8 Å². The zero-order chi connectivity index (χ0) is 19.1. The van der Waals surface area contributed by atoms with Crippen molar-refractivity contribution in [2.24, 2.45) is 0 Å². The number of benzene rings is 2. The van der Waals surface area contributed by atoms with E-state index in [1.165, 1.54) is 28.0 Å². The number of aryl methyl sites for hydroxylation is 2. The molecule has 0 atom stereocenters. The lowest BCUT2D eigenvalue weighted by Gasteiger charge is -2.15. The van der Waals surface area contributed by atoms with Crippen molar-refractivity contribution in [2.45, 2.75) is 12.8 Å². The third kappa shape index (κ3) is 2.90. The Morgan fingerprint density at radius 1 is 0.857 bits per heavy atom. The highest BCUT2D eigenvalue weighted by Gasteiger charge is 2.22. The van der Waals surface area contributed by atoms with Crippen LogP contribution >= 0.6 is 11.3 Å². The highest BCUT2D eigenvalue weighted by molar-refractivity contribution is 7.17. The van der Waals surface area contributed by atoms with E-state index >= 15 is 0 Å². The molecule has 0 radical (unpaired) electrons. The summed E-state index contributed by atoms with van der Waals surface area (Å²) in [4.78, 5) is 26.6. The molecule has 6 nitrogen and oxygen atoms in total. The second-order valence-corrected chi connectivity index (χ2v) is 7.65. The third-order valence-corrected chi connectivity index (χ3v) is 6.09. The summed E-state index contributed by atoms with van der Waals surface area (Å²) in [6.07, 6.45) is 1.89. The zero-order valence-electron chi connectivity index (χ0n) is 14.8. The number of carbonyl (C=O) groups excluding carboxylic acids is 2. The van der Waals surface area contributed by atoms with Crippen LogP contribution in [-0.2, 0) is 12.8 Å². The monoisotopic (exact) mass is 392 g/mol. The predicted octanol–water partition coefficient (Wildman–Crippen LogP) is 3.32. The number of thiophene rings is 1. The smallest absolute Gasteiger partial charge is 0.279 e. The highest BCUT2D eigenvalue weighted by Crippen LogP contribution is 2.39. The van der Waals surface area contributed by atoms with Gasteiger partial charge in [0.15, 0.2) is 11.5 Å². The molecule has 2 amide bonds. The summed E-state index contributed by atoms with van der Waals surface area (Å²) < 4.78 is 10.5. The lowest BCUT2D eigenvalue weighted by atomic mass is 9.91. The Bertz CT molecular complexity index is 1110. The minimum atomic E-state index is -0.418. The van der Waals surface area contributed by atoms with Crippen LogP contribution in [0, 0.1) is 0 Å². The first kappa shape index (κ1) is 16.8. The van der Waals surface area contributed by atoms with E-state index < -0.39 is 5.91 Å². The summed E-state index contributed by atoms with van der Waals surface area (Å²) in [6.45, 7) is 0.142. The van der Waals surface area contributed by atoms with Crippen molar-refractivity contribution in [3.8, 4) is 21.9 Å². The van der Waals surface area contributed by atoms with E-state index in [9.17, 15) is 9.59 Å². The molecule has 7 heteroatoms. The number of hydrogen-bond acceptors (Lipinski definition) is 5. The van der Waals surface area contributed by atoms with Crippen molar-refractivity contribution < 1.29 is 19.1 Å². The molecule has 1 aliphatic carbocycles. The third-order valence-electron chi connectivity index (χ3n) is 4.88. The maximum Gasteiger partial charge on any atom is 0.279 e. The van der Waals surface area contributed by atoms with Crippen LogP contribution in [0.2, 0.25) is 0 Å². The van der Waals surface area contributed by atoms with Crippen LogP contribution in [0.3, 0.4) is 0 Å². The molecule has 0 saturated heterocycles. The number of carbonyl (C=O) groups is 2. The van der Waals surface area contributed by atoms with E-state index in [1.54, 1.807) is 18.2 Å². The van der Waals surface area contributed by atoms with E-state index in [2.05, 4.69) is 23.0 Å². The summed E-state index contributed by atoms with van der Waals surface area (Å²) in [5.41, 5.74) is 9.01. The van der Waals surface area contributed by atoms with Crippen LogP contribution < -0.4 is 20.3 Å². The molecular formula is C21H16N2O4S. The SMILES string of the molecule is O=C(NNC(=O)c1cc2c(s1)-c1ccccc1CC2)c1ccc2c(c1)OCO2. The van der Waals surface area contributed by atoms with Crippen LogP contribution in [-0.4, -0.2) is 18.6 Å². The molecule has 2 heterocycles. The Labute approximate surface area is 165 Å². The van der Waals surface area contributed by atoms with E-state index in [0.717, 1.165) is 17.7 Å². The van der Waals surface area contributed by atoms with Gasteiger partial charge in [0.25, 0.3) is 11.8 Å². The lowest BCUT2D eigenvalue weighted by Crippen LogP contribution is -2.41. The van der Waals surface area contributed by atoms with Gasteiger partial charge in [0.2, 0.25) is 6.79 Å². The van der Waals surface area contributed by atoms with E-state index in [4.69, 9.17) is 9.47 Å². The quantitative estimate of drug-likeness (QED) is 0.656. The normalized spacial score (nSPS) is 13.4. The zero-order valence-corrected chi connectivity index (χ0v) is 15.6. The molecule has 2 aromatic carbocycles. The van der Waals surface area contributed by atoms with Gasteiger partial charge in [-0.25, -0.2) is 0 Å². The van der Waals surface area contributed by atoms with Gasteiger partial charge in [-0.1, -0.05) is 24.3 Å². The number of amides is 2. The Kier molecular flexibility index (Phi) is 4.02. The molecule has 0 saturated carbocycles. The molecule has 140 valence electrons. The van der Waals surface area contributed by atoms with Gasteiger partial charge in [0.1, 0.15) is 0 Å². The van der Waals surface area contributed by atoms with Crippen LogP contribution in [0.25, 0.3) is 10.4 Å². The van der Waals surface area contributed by atoms with Gasteiger partial charge >= 0.3 is 0 Å². The van der Waals surface area contributed by atoms with Crippen LogP contribution in [0.5, 0.6) is 11.5 Å². The second kappa shape index (κ2) is 6.69. The molecule has 0 fully saturated rings. The first-order chi connectivity index (χ1) is 13.7. The first-order valence-corrected chi connectivity index (χ1v) is 9.72. The fourth-order valence-electron chi connectivity index (χ4n) is 3.47. The van der Waals surface area contributed by atoms with Gasteiger partial charge in [-0.3, -0.25) is 20.4 Å². The lowest BCUT2D eigenvalue weighted by molar-refractivity contribution is 0.0848. The molecule has 1 aromatic heterocycles. The van der Waals surface area contributed by atoms with E-state index in [-0.39, 0.29) is 12.7 Å². The van der Waals surface area contributed by atoms with Crippen molar-refractivity contribution in [1.29, 1.82) is 0 Å². The van der Waals surface area contributed by atoms with Gasteiger partial charge in [-0.15, -0.1) is 11.3 Å². The molecule has 5 rings (SSSR count). The van der Waals surface area contributed by atoms with Gasteiger partial charge in [0.05, 0.1) is 4.88 Å². The largest absolute Gasteiger partial charge is 0.454 e. The van der Waals surface area contributed by atoms with Gasteiger partial charge in [0, 0.05) is 10.4 Å². The topological polar surface area (TPSA) is 76.7 Å². The Balaban J connectivity index is 1.29. The average Bonchev–Trinajstić information content (AvgIpc) is 3.38. The second-order valence-electron chi connectivity index (χ2n) is 6.60. The maximum absolute atomic E-state index is 12.5. The first-order valence-electron chi connectivity index (χ1n) is 8.90. The van der Waals surface area contributed by atoms with Crippen LogP contribution in [0.15, 0.2) is 48.5 Å². The van der Waals surface area contributed by atoms with Crippen LogP contribution in [0.1, 0.15) is 31.2 Å². The summed E-state index contributed by atoms with van der Waals surface area (Å²) >= 11 is 1.45. The average molecular weight is 392 g/mol. The fourth-order valence-corrected chi connectivity index (χ4v) is 4.63. The summed E-state index contributed by atoms with van der Waals surface area (Å²) in [7, 11) is 0. The molecule has 0 spiro atoms. The van der Waals surface area contributed by atoms with Gasteiger partial charge in [-0.2, -0.15) is 0 Å². The number of fused-ring (bicyclic) bond motifs is 4. The van der Waals surface area contributed by atoms with Crippen molar-refractivity contribution in [3.63, 3.8) is 0 Å². The fraction of sp³-hybridized carbons (Fsp3) is 0.143. The molecular weight excluding hydrogens is 376 g/mol. The van der Waals surface area contributed by atoms with Crippen molar-refractivity contribution in [3.05, 3.63) is 70.1 Å². The summed E-state index contributed by atoms with van der Waals surface area (Å²) in [6, 6.07) is 15.1. The Hall–Kier alpha value is -3.32. The predicted molar refractivity (Wildman–Crippen MR) is 105 cm³/mol.